The summed E-state index contributed by atoms with van der Waals surface area (Å²) in [5.74, 6) is 0.115. The van der Waals surface area contributed by atoms with E-state index >= 15 is 0 Å². The summed E-state index contributed by atoms with van der Waals surface area (Å²) in [4.78, 5) is 12.4. The van der Waals surface area contributed by atoms with Gasteiger partial charge in [-0.05, 0) is 73.1 Å². The number of carbonyl (C=O) groups is 1. The van der Waals surface area contributed by atoms with Gasteiger partial charge in [-0.3, -0.25) is 4.79 Å². The Morgan fingerprint density at radius 1 is 1.07 bits per heavy atom. The lowest BCUT2D eigenvalue weighted by Gasteiger charge is -2.16. The normalized spacial score (nSPS) is 13.2. The average molecular weight is 375 g/mol. The van der Waals surface area contributed by atoms with E-state index < -0.39 is 6.61 Å². The van der Waals surface area contributed by atoms with Crippen molar-refractivity contribution in [3.8, 4) is 11.5 Å². The number of halogens is 2. The highest BCUT2D eigenvalue weighted by Crippen LogP contribution is 2.29. The van der Waals surface area contributed by atoms with Crippen molar-refractivity contribution < 1.29 is 23.0 Å². The van der Waals surface area contributed by atoms with Gasteiger partial charge in [0.2, 0.25) is 0 Å². The summed E-state index contributed by atoms with van der Waals surface area (Å²) in [6.07, 6.45) is 4.98. The molecule has 4 nitrogen and oxygen atoms in total. The van der Waals surface area contributed by atoms with E-state index in [1.54, 1.807) is 12.1 Å². The zero-order valence-electron chi connectivity index (χ0n) is 15.3. The third-order valence-corrected chi connectivity index (χ3v) is 4.75. The predicted molar refractivity (Wildman–Crippen MR) is 98.7 cm³/mol. The molecule has 1 N–H and O–H groups in total. The van der Waals surface area contributed by atoms with Crippen LogP contribution in [0.2, 0.25) is 0 Å². The topological polar surface area (TPSA) is 47.6 Å². The number of ether oxygens (including phenoxy) is 2. The third kappa shape index (κ3) is 4.96. The number of fused-ring (bicyclic) bond motifs is 1. The molecule has 2 aromatic carbocycles. The SMILES string of the molecule is COc1ccc(CCNC(=O)c2ccc3c(c2)CCCC3)cc1OC(F)F. The van der Waals surface area contributed by atoms with E-state index in [2.05, 4.69) is 10.1 Å². The van der Waals surface area contributed by atoms with Crippen LogP contribution >= 0.6 is 0 Å². The summed E-state index contributed by atoms with van der Waals surface area (Å²) in [5, 5.41) is 2.88. The largest absolute Gasteiger partial charge is 0.493 e. The van der Waals surface area contributed by atoms with Crippen LogP contribution in [0.5, 0.6) is 11.5 Å². The number of rotatable bonds is 7. The van der Waals surface area contributed by atoms with Crippen LogP contribution in [0.3, 0.4) is 0 Å². The molecule has 6 heteroatoms. The zero-order chi connectivity index (χ0) is 19.2. The molecule has 0 fully saturated rings. The van der Waals surface area contributed by atoms with Gasteiger partial charge in [-0.15, -0.1) is 0 Å². The molecular formula is C21H23F2NO3. The molecule has 0 unspecified atom stereocenters. The van der Waals surface area contributed by atoms with Crippen molar-refractivity contribution in [2.45, 2.75) is 38.7 Å². The monoisotopic (exact) mass is 375 g/mol. The first-order valence-corrected chi connectivity index (χ1v) is 9.08. The lowest BCUT2D eigenvalue weighted by atomic mass is 9.90. The van der Waals surface area contributed by atoms with E-state index in [-0.39, 0.29) is 17.4 Å². The van der Waals surface area contributed by atoms with Gasteiger partial charge >= 0.3 is 6.61 Å². The van der Waals surface area contributed by atoms with Gasteiger partial charge in [-0.1, -0.05) is 12.1 Å². The summed E-state index contributed by atoms with van der Waals surface area (Å²) in [5.41, 5.74) is 4.03. The minimum absolute atomic E-state index is 0.00832. The van der Waals surface area contributed by atoms with Crippen LogP contribution in [0.15, 0.2) is 36.4 Å². The van der Waals surface area contributed by atoms with Crippen molar-refractivity contribution in [3.63, 3.8) is 0 Å². The van der Waals surface area contributed by atoms with E-state index in [0.717, 1.165) is 18.4 Å². The molecule has 1 amide bonds. The Hall–Kier alpha value is -2.63. The fourth-order valence-electron chi connectivity index (χ4n) is 3.36. The number of nitrogens with one attached hydrogen (secondary N) is 1. The molecule has 3 rings (SSSR count). The van der Waals surface area contributed by atoms with E-state index in [4.69, 9.17) is 4.74 Å². The van der Waals surface area contributed by atoms with Crippen molar-refractivity contribution in [3.05, 3.63) is 58.7 Å². The van der Waals surface area contributed by atoms with Crippen LogP contribution in [-0.4, -0.2) is 26.2 Å². The molecule has 0 bridgehead atoms. The molecular weight excluding hydrogens is 352 g/mol. The smallest absolute Gasteiger partial charge is 0.387 e. The molecule has 0 heterocycles. The Bertz CT molecular complexity index is 808. The first-order chi connectivity index (χ1) is 13.1. The Morgan fingerprint density at radius 3 is 2.59 bits per heavy atom. The lowest BCUT2D eigenvalue weighted by molar-refractivity contribution is -0.0512. The number of alkyl halides is 2. The summed E-state index contributed by atoms with van der Waals surface area (Å²) in [7, 11) is 1.39. The lowest BCUT2D eigenvalue weighted by Crippen LogP contribution is -2.26. The summed E-state index contributed by atoms with van der Waals surface area (Å²) < 4.78 is 34.5. The maximum atomic E-state index is 12.5. The van der Waals surface area contributed by atoms with Gasteiger partial charge in [0, 0.05) is 12.1 Å². The predicted octanol–water partition coefficient (Wildman–Crippen LogP) is 4.15. The molecule has 0 saturated carbocycles. The second-order valence-electron chi connectivity index (χ2n) is 6.56. The first kappa shape index (κ1) is 19.1. The molecule has 144 valence electrons. The molecule has 0 aromatic heterocycles. The van der Waals surface area contributed by atoms with Crippen LogP contribution in [0.4, 0.5) is 8.78 Å². The molecule has 2 aromatic rings. The van der Waals surface area contributed by atoms with Crippen molar-refractivity contribution in [2.24, 2.45) is 0 Å². The fourth-order valence-corrected chi connectivity index (χ4v) is 3.36. The van der Waals surface area contributed by atoms with Crippen molar-refractivity contribution in [1.29, 1.82) is 0 Å². The van der Waals surface area contributed by atoms with Crippen LogP contribution in [-0.2, 0) is 19.3 Å². The van der Waals surface area contributed by atoms with Crippen LogP contribution in [0.1, 0.15) is 39.9 Å². The minimum atomic E-state index is -2.92. The maximum absolute atomic E-state index is 12.5. The van der Waals surface area contributed by atoms with Crippen molar-refractivity contribution >= 4 is 5.91 Å². The molecule has 0 aliphatic heterocycles. The highest BCUT2D eigenvalue weighted by atomic mass is 19.3. The molecule has 27 heavy (non-hydrogen) atoms. The fraction of sp³-hybridized carbons (Fsp3) is 0.381. The Balaban J connectivity index is 1.58. The number of amides is 1. The Labute approximate surface area is 157 Å². The number of methoxy groups -OCH3 is 1. The Morgan fingerprint density at radius 2 is 1.85 bits per heavy atom. The van der Waals surface area contributed by atoms with Gasteiger partial charge in [0.05, 0.1) is 7.11 Å². The zero-order valence-corrected chi connectivity index (χ0v) is 15.3. The first-order valence-electron chi connectivity index (χ1n) is 9.08. The summed E-state index contributed by atoms with van der Waals surface area (Å²) in [6.45, 7) is -2.52. The molecule has 0 spiro atoms. The van der Waals surface area contributed by atoms with Crippen molar-refractivity contribution in [2.75, 3.05) is 13.7 Å². The van der Waals surface area contributed by atoms with E-state index in [9.17, 15) is 13.6 Å². The Kier molecular flexibility index (Phi) is 6.27. The highest BCUT2D eigenvalue weighted by molar-refractivity contribution is 5.94. The quantitative estimate of drug-likeness (QED) is 0.791. The van der Waals surface area contributed by atoms with Crippen LogP contribution in [0, 0.1) is 0 Å². The van der Waals surface area contributed by atoms with Crippen LogP contribution in [0.25, 0.3) is 0 Å². The molecule has 0 saturated heterocycles. The summed E-state index contributed by atoms with van der Waals surface area (Å²) >= 11 is 0. The number of aryl methyl sites for hydroxylation is 2. The molecule has 1 aliphatic carbocycles. The van der Waals surface area contributed by atoms with Gasteiger partial charge in [0.25, 0.3) is 5.91 Å². The number of hydrogen-bond donors (Lipinski definition) is 1. The number of carbonyl (C=O) groups excluding carboxylic acids is 1. The second kappa shape index (κ2) is 8.84. The standard InChI is InChI=1S/C21H23F2NO3/c1-26-18-9-6-14(12-19(18)27-21(22)23)10-11-24-20(25)17-8-7-15-4-2-3-5-16(15)13-17/h6-9,12-13,21H,2-5,10-11H2,1H3,(H,24,25). The highest BCUT2D eigenvalue weighted by Gasteiger charge is 2.14. The molecule has 0 radical (unpaired) electrons. The number of hydrogen-bond acceptors (Lipinski definition) is 3. The van der Waals surface area contributed by atoms with Gasteiger partial charge in [-0.25, -0.2) is 0 Å². The van der Waals surface area contributed by atoms with Gasteiger partial charge < -0.3 is 14.8 Å². The van der Waals surface area contributed by atoms with E-state index in [1.807, 2.05) is 18.2 Å². The van der Waals surface area contributed by atoms with E-state index in [0.29, 0.717) is 18.5 Å². The maximum Gasteiger partial charge on any atom is 0.387 e. The molecule has 0 atom stereocenters. The molecule has 1 aliphatic rings. The van der Waals surface area contributed by atoms with Gasteiger partial charge in [0.1, 0.15) is 0 Å². The third-order valence-electron chi connectivity index (χ3n) is 4.75. The average Bonchev–Trinajstić information content (AvgIpc) is 2.67. The number of benzene rings is 2. The summed E-state index contributed by atoms with van der Waals surface area (Å²) in [6, 6.07) is 10.7. The second-order valence-corrected chi connectivity index (χ2v) is 6.56. The van der Waals surface area contributed by atoms with Crippen LogP contribution < -0.4 is 14.8 Å². The van der Waals surface area contributed by atoms with Gasteiger partial charge in [-0.2, -0.15) is 8.78 Å². The minimum Gasteiger partial charge on any atom is -0.493 e. The van der Waals surface area contributed by atoms with E-state index in [1.165, 1.54) is 37.1 Å². The van der Waals surface area contributed by atoms with Gasteiger partial charge in [0.15, 0.2) is 11.5 Å². The van der Waals surface area contributed by atoms with Crippen molar-refractivity contribution in [1.82, 2.24) is 5.32 Å².